The summed E-state index contributed by atoms with van der Waals surface area (Å²) in [5.74, 6) is -0.198. The molecule has 2 aromatic rings. The molecule has 1 fully saturated rings. The molecular formula is C11H11ClN4O3S2. The largest absolute Gasteiger partial charge is 0.335 e. The van der Waals surface area contributed by atoms with Gasteiger partial charge < -0.3 is 9.47 Å². The molecule has 3 heterocycles. The Labute approximate surface area is 130 Å². The number of carbonyl (C=O) groups excluding carboxylic acids is 1. The van der Waals surface area contributed by atoms with Crippen molar-refractivity contribution < 1.29 is 13.2 Å². The molecule has 0 aromatic carbocycles. The van der Waals surface area contributed by atoms with Gasteiger partial charge in [0.05, 0.1) is 9.21 Å². The highest BCUT2D eigenvalue weighted by molar-refractivity contribution is 7.92. The quantitative estimate of drug-likeness (QED) is 0.821. The van der Waals surface area contributed by atoms with E-state index in [-0.39, 0.29) is 24.2 Å². The molecule has 0 N–H and O–H groups in total. The molecule has 3 rings (SSSR count). The number of rotatable bonds is 3. The van der Waals surface area contributed by atoms with Gasteiger partial charge in [0.15, 0.2) is 0 Å². The zero-order valence-corrected chi connectivity index (χ0v) is 13.3. The molecule has 0 radical (unpaired) electrons. The van der Waals surface area contributed by atoms with Crippen molar-refractivity contribution in [2.75, 3.05) is 13.1 Å². The van der Waals surface area contributed by atoms with Gasteiger partial charge in [-0.3, -0.25) is 4.79 Å². The molecule has 1 aliphatic rings. The van der Waals surface area contributed by atoms with Gasteiger partial charge in [-0.1, -0.05) is 11.6 Å². The predicted molar refractivity (Wildman–Crippen MR) is 77.2 cm³/mol. The number of carbonyl (C=O) groups is 1. The summed E-state index contributed by atoms with van der Waals surface area (Å²) >= 11 is 6.97. The summed E-state index contributed by atoms with van der Waals surface area (Å²) < 4.78 is 26.5. The smallest absolute Gasteiger partial charge is 0.264 e. The Hall–Kier alpha value is -1.45. The van der Waals surface area contributed by atoms with Crippen LogP contribution in [0, 0.1) is 0 Å². The number of halogens is 1. The average molecular weight is 347 g/mol. The zero-order valence-electron chi connectivity index (χ0n) is 10.9. The molecule has 1 saturated heterocycles. The number of amides is 1. The van der Waals surface area contributed by atoms with Crippen molar-refractivity contribution in [3.05, 3.63) is 27.7 Å². The van der Waals surface area contributed by atoms with Crippen LogP contribution in [0.5, 0.6) is 0 Å². The Kier molecular flexibility index (Phi) is 3.50. The maximum Gasteiger partial charge on any atom is 0.264 e. The third kappa shape index (κ3) is 2.45. The molecule has 0 spiro atoms. The predicted octanol–water partition coefficient (Wildman–Crippen LogP) is 0.828. The lowest BCUT2D eigenvalue weighted by molar-refractivity contribution is 0.0663. The average Bonchev–Trinajstić information content (AvgIpc) is 2.95. The SMILES string of the molecule is Cn1cnnc1S(=O)(=O)C1CN(C(=O)c2ccc(Cl)s2)C1. The third-order valence-electron chi connectivity index (χ3n) is 3.28. The standard InChI is InChI=1S/C11H11ClN4O3S2/c1-15-6-13-14-11(15)21(18,19)7-4-16(5-7)10(17)8-2-3-9(12)20-8/h2-3,6-7H,4-5H2,1H3. The fraction of sp³-hybridized carbons (Fsp3) is 0.364. The highest BCUT2D eigenvalue weighted by Gasteiger charge is 2.43. The Morgan fingerprint density at radius 3 is 2.67 bits per heavy atom. The van der Waals surface area contributed by atoms with Crippen molar-refractivity contribution in [1.29, 1.82) is 0 Å². The number of hydrogen-bond donors (Lipinski definition) is 0. The minimum Gasteiger partial charge on any atom is -0.335 e. The van der Waals surface area contributed by atoms with Crippen molar-refractivity contribution in [3.8, 4) is 0 Å². The number of sulfone groups is 1. The van der Waals surface area contributed by atoms with Gasteiger partial charge in [0, 0.05) is 20.1 Å². The van der Waals surface area contributed by atoms with E-state index in [0.29, 0.717) is 9.21 Å². The van der Waals surface area contributed by atoms with E-state index in [1.807, 2.05) is 0 Å². The van der Waals surface area contributed by atoms with Crippen molar-refractivity contribution in [1.82, 2.24) is 19.7 Å². The Bertz CT molecular complexity index is 792. The normalized spacial score (nSPS) is 16.0. The van der Waals surface area contributed by atoms with Crippen molar-refractivity contribution >= 4 is 38.7 Å². The van der Waals surface area contributed by atoms with Crippen molar-refractivity contribution in [3.63, 3.8) is 0 Å². The fourth-order valence-electron chi connectivity index (χ4n) is 2.06. The Morgan fingerprint density at radius 1 is 1.43 bits per heavy atom. The lowest BCUT2D eigenvalue weighted by Crippen LogP contribution is -2.57. The van der Waals surface area contributed by atoms with Crippen molar-refractivity contribution in [2.24, 2.45) is 7.05 Å². The minimum atomic E-state index is -3.56. The molecule has 1 amide bonds. The van der Waals surface area contributed by atoms with E-state index < -0.39 is 15.1 Å². The number of likely N-dealkylation sites (tertiary alicyclic amines) is 1. The van der Waals surface area contributed by atoms with Crippen LogP contribution in [0.3, 0.4) is 0 Å². The van der Waals surface area contributed by atoms with E-state index in [0.717, 1.165) is 0 Å². The lowest BCUT2D eigenvalue weighted by Gasteiger charge is -2.37. The van der Waals surface area contributed by atoms with Crippen molar-refractivity contribution in [2.45, 2.75) is 10.4 Å². The van der Waals surface area contributed by atoms with Gasteiger partial charge in [-0.25, -0.2) is 8.42 Å². The summed E-state index contributed by atoms with van der Waals surface area (Å²) in [5.41, 5.74) is 0. The number of thiophene rings is 1. The van der Waals surface area contributed by atoms with E-state index in [1.54, 1.807) is 19.2 Å². The minimum absolute atomic E-state index is 0.0706. The summed E-state index contributed by atoms with van der Waals surface area (Å²) in [4.78, 5) is 14.1. The van der Waals surface area contributed by atoms with Gasteiger partial charge in [0.2, 0.25) is 15.0 Å². The number of nitrogens with zero attached hydrogens (tertiary/aromatic N) is 4. The van der Waals surface area contributed by atoms with E-state index in [1.165, 1.54) is 27.1 Å². The highest BCUT2D eigenvalue weighted by atomic mass is 35.5. The number of aryl methyl sites for hydroxylation is 1. The molecule has 0 atom stereocenters. The van der Waals surface area contributed by atoms with Crippen LogP contribution in [0.1, 0.15) is 9.67 Å². The molecule has 1 aliphatic heterocycles. The first kappa shape index (κ1) is 14.5. The monoisotopic (exact) mass is 346 g/mol. The molecule has 112 valence electrons. The Balaban J connectivity index is 1.71. The second-order valence-corrected chi connectivity index (χ2v) is 8.54. The van der Waals surface area contributed by atoms with Crippen LogP contribution in [0.25, 0.3) is 0 Å². The van der Waals surface area contributed by atoms with Crippen LogP contribution in [0.15, 0.2) is 23.6 Å². The maximum atomic E-state index is 12.3. The molecule has 10 heteroatoms. The van der Waals surface area contributed by atoms with Crippen LogP contribution >= 0.6 is 22.9 Å². The van der Waals surface area contributed by atoms with E-state index in [4.69, 9.17) is 11.6 Å². The summed E-state index contributed by atoms with van der Waals surface area (Å²) in [6.45, 7) is 0.313. The first-order valence-corrected chi connectivity index (χ1v) is 8.76. The second kappa shape index (κ2) is 5.08. The summed E-state index contributed by atoms with van der Waals surface area (Å²) in [7, 11) is -1.99. The topological polar surface area (TPSA) is 85.2 Å². The molecule has 21 heavy (non-hydrogen) atoms. The zero-order chi connectivity index (χ0) is 15.2. The first-order chi connectivity index (χ1) is 9.89. The molecule has 7 nitrogen and oxygen atoms in total. The molecule has 0 bridgehead atoms. The maximum absolute atomic E-state index is 12.3. The Morgan fingerprint density at radius 2 is 2.14 bits per heavy atom. The summed E-state index contributed by atoms with van der Waals surface area (Å²) in [6.07, 6.45) is 1.34. The van der Waals surface area contributed by atoms with E-state index in [2.05, 4.69) is 10.2 Å². The van der Waals surface area contributed by atoms with Crippen LogP contribution in [-0.4, -0.2) is 52.3 Å². The van der Waals surface area contributed by atoms with Gasteiger partial charge in [0.1, 0.15) is 11.6 Å². The molecule has 2 aromatic heterocycles. The molecule has 0 saturated carbocycles. The third-order valence-corrected chi connectivity index (χ3v) is 6.56. The van der Waals surface area contributed by atoms with Gasteiger partial charge in [-0.05, 0) is 12.1 Å². The molecule has 0 aliphatic carbocycles. The second-order valence-electron chi connectivity index (χ2n) is 4.71. The fourth-order valence-corrected chi connectivity index (χ4v) is 4.74. The molecular weight excluding hydrogens is 336 g/mol. The van der Waals surface area contributed by atoms with E-state index in [9.17, 15) is 13.2 Å². The number of hydrogen-bond acceptors (Lipinski definition) is 6. The lowest BCUT2D eigenvalue weighted by atomic mass is 10.2. The van der Waals surface area contributed by atoms with Gasteiger partial charge in [-0.15, -0.1) is 21.5 Å². The van der Waals surface area contributed by atoms with E-state index >= 15 is 0 Å². The molecule has 0 unspecified atom stereocenters. The van der Waals surface area contributed by atoms with Crippen LogP contribution in [0.2, 0.25) is 4.34 Å². The first-order valence-electron chi connectivity index (χ1n) is 6.02. The summed E-state index contributed by atoms with van der Waals surface area (Å²) in [5, 5.41) is 6.49. The van der Waals surface area contributed by atoms with Gasteiger partial charge in [-0.2, -0.15) is 0 Å². The summed E-state index contributed by atoms with van der Waals surface area (Å²) in [6, 6.07) is 3.28. The van der Waals surface area contributed by atoms with Crippen LogP contribution < -0.4 is 0 Å². The van der Waals surface area contributed by atoms with Crippen LogP contribution in [0.4, 0.5) is 0 Å². The van der Waals surface area contributed by atoms with Gasteiger partial charge in [0.25, 0.3) is 5.91 Å². The number of aromatic nitrogens is 3. The van der Waals surface area contributed by atoms with Gasteiger partial charge >= 0.3 is 0 Å². The highest BCUT2D eigenvalue weighted by Crippen LogP contribution is 2.27. The van der Waals surface area contributed by atoms with Crippen LogP contribution in [-0.2, 0) is 16.9 Å².